The maximum atomic E-state index is 13.1. The summed E-state index contributed by atoms with van der Waals surface area (Å²) >= 11 is 5.88. The number of aromatic nitrogens is 1. The smallest absolute Gasteiger partial charge is 0.233 e. The zero-order valence-electron chi connectivity index (χ0n) is 15.4. The molecular formula is C20H21ClN2O3S. The van der Waals surface area contributed by atoms with Crippen molar-refractivity contribution in [1.29, 1.82) is 0 Å². The van der Waals surface area contributed by atoms with Crippen LogP contribution in [-0.2, 0) is 21.8 Å². The van der Waals surface area contributed by atoms with Crippen LogP contribution in [0.1, 0.15) is 32.2 Å². The number of oxazole rings is 1. The summed E-state index contributed by atoms with van der Waals surface area (Å²) in [4.78, 5) is 4.43. The second-order valence-electron chi connectivity index (χ2n) is 7.20. The van der Waals surface area contributed by atoms with Gasteiger partial charge in [-0.25, -0.2) is 8.42 Å². The molecule has 0 fully saturated rings. The topological polar surface area (TPSA) is 72.2 Å². The largest absolute Gasteiger partial charge is 0.423 e. The molecule has 0 bridgehead atoms. The average molecular weight is 405 g/mol. The van der Waals surface area contributed by atoms with Gasteiger partial charge in [-0.3, -0.25) is 0 Å². The summed E-state index contributed by atoms with van der Waals surface area (Å²) in [5, 5.41) is 3.42. The van der Waals surface area contributed by atoms with Gasteiger partial charge >= 0.3 is 0 Å². The fraction of sp³-hybridized carbons (Fsp3) is 0.250. The van der Waals surface area contributed by atoms with Crippen LogP contribution in [0.3, 0.4) is 0 Å². The van der Waals surface area contributed by atoms with Crippen LogP contribution in [0.15, 0.2) is 68.9 Å². The minimum Gasteiger partial charge on any atom is -0.423 e. The number of hydrogen-bond acceptors (Lipinski definition) is 5. The number of nitrogens with zero attached hydrogens (tertiary/aromatic N) is 1. The molecule has 0 radical (unpaired) electrons. The first-order valence-electron chi connectivity index (χ1n) is 8.48. The molecule has 0 aliphatic heterocycles. The first kappa shape index (κ1) is 19.5. The fourth-order valence-corrected chi connectivity index (χ4v) is 3.83. The monoisotopic (exact) mass is 404 g/mol. The van der Waals surface area contributed by atoms with Crippen LogP contribution in [0.2, 0.25) is 5.02 Å². The third-order valence-electron chi connectivity index (χ3n) is 3.91. The molecule has 142 valence electrons. The minimum atomic E-state index is -3.86. The van der Waals surface area contributed by atoms with E-state index in [2.05, 4.69) is 10.3 Å². The van der Waals surface area contributed by atoms with E-state index < -0.39 is 15.3 Å². The van der Waals surface area contributed by atoms with Crippen molar-refractivity contribution in [1.82, 2.24) is 4.98 Å². The Kier molecular flexibility index (Phi) is 5.31. The number of benzene rings is 2. The Labute approximate surface area is 164 Å². The van der Waals surface area contributed by atoms with Crippen LogP contribution >= 0.6 is 11.6 Å². The van der Waals surface area contributed by atoms with Crippen LogP contribution in [0.25, 0.3) is 0 Å². The quantitative estimate of drug-likeness (QED) is 0.642. The summed E-state index contributed by atoms with van der Waals surface area (Å²) in [6.07, 6.45) is 0. The van der Waals surface area contributed by atoms with Crippen LogP contribution in [0.5, 0.6) is 0 Å². The normalized spacial score (nSPS) is 12.1. The zero-order valence-corrected chi connectivity index (χ0v) is 16.9. The maximum absolute atomic E-state index is 13.1. The Morgan fingerprint density at radius 1 is 1.04 bits per heavy atom. The summed E-state index contributed by atoms with van der Waals surface area (Å²) in [6, 6.07) is 15.7. The van der Waals surface area contributed by atoms with E-state index in [-0.39, 0.29) is 15.8 Å². The number of halogens is 1. The number of nitrogens with one attached hydrogen (secondary N) is 1. The lowest BCUT2D eigenvalue weighted by molar-refractivity contribution is 0.399. The molecule has 3 aromatic rings. The molecule has 0 atom stereocenters. The van der Waals surface area contributed by atoms with Crippen LogP contribution in [0, 0.1) is 0 Å². The van der Waals surface area contributed by atoms with Crippen molar-refractivity contribution in [3.8, 4) is 0 Å². The minimum absolute atomic E-state index is 0.114. The van der Waals surface area contributed by atoms with E-state index >= 15 is 0 Å². The van der Waals surface area contributed by atoms with Gasteiger partial charge in [0.05, 0.1) is 4.90 Å². The predicted molar refractivity (Wildman–Crippen MR) is 106 cm³/mol. The Balaban J connectivity index is 2.02. The molecular weight excluding hydrogens is 384 g/mol. The van der Waals surface area contributed by atoms with Crippen molar-refractivity contribution in [2.75, 3.05) is 5.32 Å². The van der Waals surface area contributed by atoms with Crippen molar-refractivity contribution in [2.24, 2.45) is 0 Å². The van der Waals surface area contributed by atoms with Crippen molar-refractivity contribution < 1.29 is 12.8 Å². The van der Waals surface area contributed by atoms with Gasteiger partial charge in [-0.15, -0.1) is 0 Å². The first-order valence-corrected chi connectivity index (χ1v) is 10.3. The van der Waals surface area contributed by atoms with Crippen molar-refractivity contribution in [2.45, 2.75) is 42.7 Å². The van der Waals surface area contributed by atoms with E-state index in [0.717, 1.165) is 5.56 Å². The number of anilines is 1. The van der Waals surface area contributed by atoms with E-state index in [0.29, 0.717) is 17.5 Å². The third-order valence-corrected chi connectivity index (χ3v) is 5.84. The van der Waals surface area contributed by atoms with Gasteiger partial charge in [-0.2, -0.15) is 4.98 Å². The molecule has 2 aromatic carbocycles. The van der Waals surface area contributed by atoms with Crippen LogP contribution in [0.4, 0.5) is 5.88 Å². The first-order chi connectivity index (χ1) is 12.7. The highest BCUT2D eigenvalue weighted by Crippen LogP contribution is 2.33. The van der Waals surface area contributed by atoms with Gasteiger partial charge in [0.2, 0.25) is 26.6 Å². The number of rotatable bonds is 5. The SMILES string of the molecule is CC(C)(C)c1nc(S(=O)(=O)c2ccc(Cl)cc2)c(NCc2ccccc2)o1. The molecule has 0 saturated carbocycles. The molecule has 0 aliphatic rings. The van der Waals surface area contributed by atoms with Gasteiger partial charge in [0, 0.05) is 17.0 Å². The van der Waals surface area contributed by atoms with Crippen molar-refractivity contribution in [3.63, 3.8) is 0 Å². The molecule has 0 spiro atoms. The summed E-state index contributed by atoms with van der Waals surface area (Å²) in [7, 11) is -3.86. The molecule has 3 rings (SSSR count). The molecule has 1 N–H and O–H groups in total. The molecule has 0 amide bonds. The zero-order chi connectivity index (χ0) is 19.7. The molecule has 0 aliphatic carbocycles. The molecule has 27 heavy (non-hydrogen) atoms. The molecule has 1 heterocycles. The van der Waals surface area contributed by atoms with E-state index in [1.54, 1.807) is 0 Å². The molecule has 0 saturated heterocycles. The number of hydrogen-bond donors (Lipinski definition) is 1. The highest BCUT2D eigenvalue weighted by molar-refractivity contribution is 7.91. The predicted octanol–water partition coefficient (Wildman–Crippen LogP) is 5.07. The van der Waals surface area contributed by atoms with Gasteiger partial charge < -0.3 is 9.73 Å². The van der Waals surface area contributed by atoms with Crippen molar-refractivity contribution in [3.05, 3.63) is 71.1 Å². The summed E-state index contributed by atoms with van der Waals surface area (Å²) in [5.41, 5.74) is 0.567. The van der Waals surface area contributed by atoms with Crippen molar-refractivity contribution >= 4 is 27.3 Å². The second-order valence-corrected chi connectivity index (χ2v) is 9.50. The van der Waals surface area contributed by atoms with E-state index in [1.807, 2.05) is 51.1 Å². The average Bonchev–Trinajstić information content (AvgIpc) is 3.07. The molecule has 7 heteroatoms. The lowest BCUT2D eigenvalue weighted by Crippen LogP contribution is -2.12. The summed E-state index contributed by atoms with van der Waals surface area (Å²) < 4.78 is 32.0. The Morgan fingerprint density at radius 2 is 1.67 bits per heavy atom. The Morgan fingerprint density at radius 3 is 2.26 bits per heavy atom. The third kappa shape index (κ3) is 4.34. The van der Waals surface area contributed by atoms with Gasteiger partial charge in [-0.05, 0) is 29.8 Å². The Hall–Kier alpha value is -2.31. The highest BCUT2D eigenvalue weighted by atomic mass is 35.5. The highest BCUT2D eigenvalue weighted by Gasteiger charge is 2.31. The lowest BCUT2D eigenvalue weighted by Gasteiger charge is -2.12. The second kappa shape index (κ2) is 7.37. The molecule has 5 nitrogen and oxygen atoms in total. The number of sulfone groups is 1. The summed E-state index contributed by atoms with van der Waals surface area (Å²) in [5.74, 6) is 0.490. The van der Waals surface area contributed by atoms with E-state index in [1.165, 1.54) is 24.3 Å². The van der Waals surface area contributed by atoms with E-state index in [9.17, 15) is 8.42 Å². The van der Waals surface area contributed by atoms with Gasteiger partial charge in [0.1, 0.15) is 0 Å². The molecule has 0 unspecified atom stereocenters. The van der Waals surface area contributed by atoms with Crippen LogP contribution < -0.4 is 5.32 Å². The van der Waals surface area contributed by atoms with Gasteiger partial charge in [0.25, 0.3) is 0 Å². The van der Waals surface area contributed by atoms with E-state index in [4.69, 9.17) is 16.0 Å². The lowest BCUT2D eigenvalue weighted by atomic mass is 9.97. The van der Waals surface area contributed by atoms with Gasteiger partial charge in [0.15, 0.2) is 0 Å². The van der Waals surface area contributed by atoms with Crippen LogP contribution in [-0.4, -0.2) is 13.4 Å². The standard InChI is InChI=1S/C20H21ClN2O3S/c1-20(2,3)19-23-18(27(24,25)16-11-9-15(21)10-12-16)17(26-19)22-13-14-7-5-4-6-8-14/h4-12,22H,13H2,1-3H3. The molecule has 1 aromatic heterocycles. The fourth-order valence-electron chi connectivity index (χ4n) is 2.42. The Bertz CT molecular complexity index is 1020. The van der Waals surface area contributed by atoms with Gasteiger partial charge in [-0.1, -0.05) is 62.7 Å². The maximum Gasteiger partial charge on any atom is 0.233 e. The summed E-state index contributed by atoms with van der Waals surface area (Å²) in [6.45, 7) is 6.16.